The Bertz CT molecular complexity index is 290. The monoisotopic (exact) mass is 286 g/mol. The third-order valence-corrected chi connectivity index (χ3v) is 2.02. The van der Waals surface area contributed by atoms with Crippen molar-refractivity contribution in [3.8, 4) is 0 Å². The van der Waals surface area contributed by atoms with Crippen molar-refractivity contribution < 1.29 is 27.8 Å². The second kappa shape index (κ2) is 6.95. The van der Waals surface area contributed by atoms with Gasteiger partial charge in [-0.3, -0.25) is 0 Å². The molecule has 0 heterocycles. The number of aliphatic hydroxyl groups excluding tert-OH is 1. The number of nitrogens with zero attached hydrogens (tertiary/aromatic N) is 1. The van der Waals surface area contributed by atoms with Crippen LogP contribution in [0.4, 0.5) is 18.0 Å². The summed E-state index contributed by atoms with van der Waals surface area (Å²) in [4.78, 5) is 12.5. The summed E-state index contributed by atoms with van der Waals surface area (Å²) < 4.78 is 41.2. The van der Waals surface area contributed by atoms with Gasteiger partial charge in [0.2, 0.25) is 0 Å². The van der Waals surface area contributed by atoms with Crippen LogP contribution in [-0.2, 0) is 4.74 Å². The number of halogens is 3. The van der Waals surface area contributed by atoms with Crippen LogP contribution in [-0.4, -0.2) is 60.7 Å². The molecule has 0 aliphatic rings. The first-order valence-corrected chi connectivity index (χ1v) is 5.82. The van der Waals surface area contributed by atoms with Gasteiger partial charge in [0.05, 0.1) is 0 Å². The minimum Gasteiger partial charge on any atom is -0.444 e. The maximum Gasteiger partial charge on any atom is 0.415 e. The highest BCUT2D eigenvalue weighted by Crippen LogP contribution is 2.20. The predicted molar refractivity (Wildman–Crippen MR) is 63.8 cm³/mol. The molecule has 0 saturated heterocycles. The van der Waals surface area contributed by atoms with Crippen LogP contribution in [0.25, 0.3) is 0 Å². The van der Waals surface area contributed by atoms with Crippen LogP contribution in [0.3, 0.4) is 0 Å². The molecule has 0 aromatic rings. The molecule has 0 spiro atoms. The van der Waals surface area contributed by atoms with Crippen LogP contribution in [0.15, 0.2) is 0 Å². The number of alkyl carbamates (subject to hydrolysis) is 1. The standard InChI is InChI=1S/C11H21F3N2O3/c1-10(2,3)19-9(18)15-5-6-16(4)7-8(17)11(12,13)14/h8,17H,5-7H2,1-4H3,(H,15,18)/t8-/m0/s1. The Kier molecular flexibility index (Phi) is 6.58. The van der Waals surface area contributed by atoms with Crippen molar-refractivity contribution in [1.82, 2.24) is 10.2 Å². The van der Waals surface area contributed by atoms with E-state index < -0.39 is 30.5 Å². The topological polar surface area (TPSA) is 61.8 Å². The first-order valence-electron chi connectivity index (χ1n) is 5.82. The Morgan fingerprint density at radius 1 is 1.37 bits per heavy atom. The maximum absolute atomic E-state index is 12.1. The highest BCUT2D eigenvalue weighted by Gasteiger charge is 2.38. The Hall–Kier alpha value is -1.02. The number of aliphatic hydroxyl groups is 1. The molecule has 1 atom stereocenters. The van der Waals surface area contributed by atoms with E-state index in [0.29, 0.717) is 0 Å². The largest absolute Gasteiger partial charge is 0.444 e. The fourth-order valence-electron chi connectivity index (χ4n) is 1.15. The number of hydrogen-bond acceptors (Lipinski definition) is 4. The quantitative estimate of drug-likeness (QED) is 0.801. The van der Waals surface area contributed by atoms with Gasteiger partial charge in [-0.25, -0.2) is 4.79 Å². The molecule has 19 heavy (non-hydrogen) atoms. The summed E-state index contributed by atoms with van der Waals surface area (Å²) in [6.45, 7) is 4.89. The molecule has 0 aliphatic carbocycles. The van der Waals surface area contributed by atoms with E-state index in [9.17, 15) is 18.0 Å². The summed E-state index contributed by atoms with van der Waals surface area (Å²) in [5.41, 5.74) is -0.623. The van der Waals surface area contributed by atoms with Crippen molar-refractivity contribution in [2.75, 3.05) is 26.7 Å². The maximum atomic E-state index is 12.1. The number of amides is 1. The minimum absolute atomic E-state index is 0.135. The third-order valence-electron chi connectivity index (χ3n) is 2.02. The van der Waals surface area contributed by atoms with Crippen LogP contribution >= 0.6 is 0 Å². The van der Waals surface area contributed by atoms with Gasteiger partial charge in [0.1, 0.15) is 5.60 Å². The van der Waals surface area contributed by atoms with Gasteiger partial charge in [0.15, 0.2) is 6.10 Å². The molecule has 114 valence electrons. The first-order chi connectivity index (χ1) is 8.42. The summed E-state index contributed by atoms with van der Waals surface area (Å²) in [6, 6.07) is 0. The highest BCUT2D eigenvalue weighted by atomic mass is 19.4. The third kappa shape index (κ3) is 9.54. The lowest BCUT2D eigenvalue weighted by molar-refractivity contribution is -0.207. The van der Waals surface area contributed by atoms with Crippen LogP contribution in [0, 0.1) is 0 Å². The molecule has 0 saturated carbocycles. The normalized spacial score (nSPS) is 14.4. The number of hydrogen-bond donors (Lipinski definition) is 2. The number of alkyl halides is 3. The average Bonchev–Trinajstić information content (AvgIpc) is 2.12. The number of carbonyl (C=O) groups excluding carboxylic acids is 1. The molecule has 0 aromatic heterocycles. The Balaban J connectivity index is 3.87. The van der Waals surface area contributed by atoms with Gasteiger partial charge in [-0.05, 0) is 27.8 Å². The summed E-state index contributed by atoms with van der Waals surface area (Å²) >= 11 is 0. The number of rotatable bonds is 5. The molecule has 2 N–H and O–H groups in total. The lowest BCUT2D eigenvalue weighted by Gasteiger charge is -2.23. The van der Waals surface area contributed by atoms with Gasteiger partial charge in [-0.2, -0.15) is 13.2 Å². The number of ether oxygens (including phenoxy) is 1. The van der Waals surface area contributed by atoms with Gasteiger partial charge >= 0.3 is 12.3 Å². The fraction of sp³-hybridized carbons (Fsp3) is 0.909. The Morgan fingerprint density at radius 3 is 2.32 bits per heavy atom. The molecule has 5 nitrogen and oxygen atoms in total. The molecule has 0 radical (unpaired) electrons. The molecule has 0 unspecified atom stereocenters. The summed E-state index contributed by atoms with van der Waals surface area (Å²) in [5, 5.41) is 11.3. The van der Waals surface area contributed by atoms with Gasteiger partial charge < -0.3 is 20.1 Å². The SMILES string of the molecule is CN(CCNC(=O)OC(C)(C)C)C[C@H](O)C(F)(F)F. The van der Waals surface area contributed by atoms with Crippen LogP contribution in [0.5, 0.6) is 0 Å². The number of nitrogens with one attached hydrogen (secondary N) is 1. The lowest BCUT2D eigenvalue weighted by Crippen LogP contribution is -2.42. The molecule has 0 aromatic carbocycles. The molecule has 0 fully saturated rings. The van der Waals surface area contributed by atoms with Gasteiger partial charge in [-0.15, -0.1) is 0 Å². The molecule has 8 heteroatoms. The van der Waals surface area contributed by atoms with E-state index in [1.807, 2.05) is 0 Å². The van der Waals surface area contributed by atoms with E-state index in [1.54, 1.807) is 20.8 Å². The molecular formula is C11H21F3N2O3. The van der Waals surface area contributed by atoms with Crippen LogP contribution < -0.4 is 5.32 Å². The molecule has 1 amide bonds. The second-order valence-electron chi connectivity index (χ2n) is 5.25. The van der Waals surface area contributed by atoms with Gasteiger partial charge in [-0.1, -0.05) is 0 Å². The smallest absolute Gasteiger partial charge is 0.415 e. The van der Waals surface area contributed by atoms with Crippen molar-refractivity contribution in [2.45, 2.75) is 38.7 Å². The van der Waals surface area contributed by atoms with Gasteiger partial charge in [0.25, 0.3) is 0 Å². The molecule has 0 bridgehead atoms. The van der Waals surface area contributed by atoms with Gasteiger partial charge in [0, 0.05) is 19.6 Å². The van der Waals surface area contributed by atoms with E-state index in [-0.39, 0.29) is 13.1 Å². The van der Waals surface area contributed by atoms with E-state index in [4.69, 9.17) is 9.84 Å². The number of likely N-dealkylation sites (N-methyl/N-ethyl adjacent to an activating group) is 1. The van der Waals surface area contributed by atoms with Crippen molar-refractivity contribution in [3.05, 3.63) is 0 Å². The molecule has 0 aliphatic heterocycles. The zero-order valence-electron chi connectivity index (χ0n) is 11.5. The zero-order valence-corrected chi connectivity index (χ0v) is 11.5. The van der Waals surface area contributed by atoms with E-state index in [1.165, 1.54) is 11.9 Å². The Morgan fingerprint density at radius 2 is 1.89 bits per heavy atom. The Labute approximate surface area is 110 Å². The molecule has 0 rings (SSSR count). The lowest BCUT2D eigenvalue weighted by atomic mass is 10.2. The van der Waals surface area contributed by atoms with Crippen LogP contribution in [0.2, 0.25) is 0 Å². The molecular weight excluding hydrogens is 265 g/mol. The van der Waals surface area contributed by atoms with E-state index in [2.05, 4.69) is 5.32 Å². The van der Waals surface area contributed by atoms with Crippen LogP contribution in [0.1, 0.15) is 20.8 Å². The second-order valence-corrected chi connectivity index (χ2v) is 5.25. The predicted octanol–water partition coefficient (Wildman–Crippen LogP) is 1.37. The average molecular weight is 286 g/mol. The zero-order chi connectivity index (χ0) is 15.3. The minimum atomic E-state index is -4.63. The summed E-state index contributed by atoms with van der Waals surface area (Å²) in [7, 11) is 1.42. The fourth-order valence-corrected chi connectivity index (χ4v) is 1.15. The van der Waals surface area contributed by atoms with Crippen molar-refractivity contribution >= 4 is 6.09 Å². The highest BCUT2D eigenvalue weighted by molar-refractivity contribution is 5.67. The number of carbonyl (C=O) groups is 1. The van der Waals surface area contributed by atoms with Crippen molar-refractivity contribution in [1.29, 1.82) is 0 Å². The van der Waals surface area contributed by atoms with Crippen molar-refractivity contribution in [2.24, 2.45) is 0 Å². The van der Waals surface area contributed by atoms with E-state index >= 15 is 0 Å². The summed E-state index contributed by atoms with van der Waals surface area (Å²) in [5.74, 6) is 0. The first kappa shape index (κ1) is 18.0. The summed E-state index contributed by atoms with van der Waals surface area (Å²) in [6.07, 6.45) is -7.65. The van der Waals surface area contributed by atoms with E-state index in [0.717, 1.165) is 0 Å². The van der Waals surface area contributed by atoms with Crippen molar-refractivity contribution in [3.63, 3.8) is 0 Å².